The zero-order chi connectivity index (χ0) is 13.1. The molecule has 0 bridgehead atoms. The first kappa shape index (κ1) is 13.9. The van der Waals surface area contributed by atoms with Gasteiger partial charge in [0, 0.05) is 18.0 Å². The fourth-order valence-electron chi connectivity index (χ4n) is 3.09. The second-order valence-corrected chi connectivity index (χ2v) is 5.96. The normalized spacial score (nSPS) is 25.4. The number of hydrogen-bond acceptors (Lipinski definition) is 2. The quantitative estimate of drug-likeness (QED) is 0.847. The Balaban J connectivity index is 2.35. The van der Waals surface area contributed by atoms with Crippen LogP contribution in [0.2, 0.25) is 5.02 Å². The third-order valence-electron chi connectivity index (χ3n) is 4.01. The lowest BCUT2D eigenvalue weighted by Gasteiger charge is -2.27. The molecule has 2 rings (SSSR count). The van der Waals surface area contributed by atoms with E-state index in [2.05, 4.69) is 36.0 Å². The van der Waals surface area contributed by atoms with Crippen LogP contribution in [0, 0.1) is 0 Å². The van der Waals surface area contributed by atoms with Crippen molar-refractivity contribution in [2.45, 2.75) is 64.0 Å². The highest BCUT2D eigenvalue weighted by Crippen LogP contribution is 2.36. The predicted molar refractivity (Wildman–Crippen MR) is 76.3 cm³/mol. The van der Waals surface area contributed by atoms with Crippen LogP contribution in [0.3, 0.4) is 0 Å². The Bertz CT molecular complexity index is 386. The maximum absolute atomic E-state index is 6.39. The van der Waals surface area contributed by atoms with E-state index in [4.69, 9.17) is 11.6 Å². The highest BCUT2D eigenvalue weighted by Gasteiger charge is 2.29. The first-order valence-corrected chi connectivity index (χ1v) is 7.43. The highest BCUT2D eigenvalue weighted by atomic mass is 35.5. The number of hydrogen-bond donors (Lipinski definition) is 1. The molecule has 3 nitrogen and oxygen atoms in total. The number of halogens is 1. The molecule has 0 aliphatic heterocycles. The minimum Gasteiger partial charge on any atom is -0.316 e. The molecule has 2 unspecified atom stereocenters. The van der Waals surface area contributed by atoms with Gasteiger partial charge in [-0.2, -0.15) is 5.10 Å². The van der Waals surface area contributed by atoms with E-state index in [1.165, 1.54) is 37.8 Å². The molecule has 1 aromatic rings. The molecule has 0 aromatic carbocycles. The molecule has 0 saturated heterocycles. The first-order chi connectivity index (χ1) is 8.65. The summed E-state index contributed by atoms with van der Waals surface area (Å²) < 4.78 is 2.10. The number of rotatable bonds is 3. The summed E-state index contributed by atoms with van der Waals surface area (Å²) in [6.07, 6.45) is 8.19. The van der Waals surface area contributed by atoms with E-state index in [0.717, 1.165) is 5.02 Å². The van der Waals surface area contributed by atoms with E-state index < -0.39 is 0 Å². The number of nitrogens with one attached hydrogen (secondary N) is 1. The summed E-state index contributed by atoms with van der Waals surface area (Å²) in [6.45, 7) is 4.33. The molecule has 1 heterocycles. The number of aromatic nitrogens is 2. The molecule has 1 N–H and O–H groups in total. The van der Waals surface area contributed by atoms with Crippen LogP contribution in [-0.4, -0.2) is 22.9 Å². The average molecular weight is 270 g/mol. The molecule has 0 radical (unpaired) electrons. The van der Waals surface area contributed by atoms with Gasteiger partial charge in [-0.1, -0.05) is 30.9 Å². The van der Waals surface area contributed by atoms with E-state index in [9.17, 15) is 0 Å². The summed E-state index contributed by atoms with van der Waals surface area (Å²) >= 11 is 6.39. The minimum atomic E-state index is 0.369. The molecule has 1 aliphatic carbocycles. The zero-order valence-electron chi connectivity index (χ0n) is 11.6. The van der Waals surface area contributed by atoms with Gasteiger partial charge in [0.1, 0.15) is 0 Å². The van der Waals surface area contributed by atoms with E-state index >= 15 is 0 Å². The summed E-state index contributed by atoms with van der Waals surface area (Å²) in [5, 5.41) is 8.75. The molecule has 1 saturated carbocycles. The fourth-order valence-corrected chi connectivity index (χ4v) is 3.36. The van der Waals surface area contributed by atoms with Crippen LogP contribution < -0.4 is 5.32 Å². The van der Waals surface area contributed by atoms with Crippen molar-refractivity contribution in [1.29, 1.82) is 0 Å². The Hall–Kier alpha value is -0.540. The van der Waals surface area contributed by atoms with Gasteiger partial charge in [0.2, 0.25) is 0 Å². The third kappa shape index (κ3) is 2.72. The van der Waals surface area contributed by atoms with E-state index in [-0.39, 0.29) is 0 Å². The maximum atomic E-state index is 6.39. The lowest BCUT2D eigenvalue weighted by atomic mass is 9.91. The minimum absolute atomic E-state index is 0.369. The predicted octanol–water partition coefficient (Wildman–Crippen LogP) is 3.75. The van der Waals surface area contributed by atoms with Crippen molar-refractivity contribution in [3.8, 4) is 0 Å². The lowest BCUT2D eigenvalue weighted by Crippen LogP contribution is -2.33. The molecule has 1 aromatic heterocycles. The molecule has 1 fully saturated rings. The second kappa shape index (κ2) is 6.07. The van der Waals surface area contributed by atoms with Crippen LogP contribution in [0.15, 0.2) is 6.20 Å². The van der Waals surface area contributed by atoms with Crippen molar-refractivity contribution in [3.63, 3.8) is 0 Å². The molecular formula is C14H24ClN3. The summed E-state index contributed by atoms with van der Waals surface area (Å²) in [5.74, 6) is 0.495. The summed E-state index contributed by atoms with van der Waals surface area (Å²) in [5.41, 5.74) is 1.23. The topological polar surface area (TPSA) is 29.9 Å². The monoisotopic (exact) mass is 269 g/mol. The Morgan fingerprint density at radius 1 is 1.33 bits per heavy atom. The van der Waals surface area contributed by atoms with Gasteiger partial charge in [0.15, 0.2) is 0 Å². The van der Waals surface area contributed by atoms with Gasteiger partial charge in [-0.25, -0.2) is 0 Å². The Morgan fingerprint density at radius 3 is 2.72 bits per heavy atom. The second-order valence-electron chi connectivity index (χ2n) is 5.56. The van der Waals surface area contributed by atoms with Crippen molar-refractivity contribution in [1.82, 2.24) is 15.1 Å². The molecule has 1 aliphatic rings. The van der Waals surface area contributed by atoms with Crippen LogP contribution >= 0.6 is 11.6 Å². The molecular weight excluding hydrogens is 246 g/mol. The van der Waals surface area contributed by atoms with E-state index in [0.29, 0.717) is 18.0 Å². The van der Waals surface area contributed by atoms with E-state index in [1.807, 2.05) is 0 Å². The number of likely N-dealkylation sites (N-methyl/N-ethyl adjacent to an activating group) is 1. The fraction of sp³-hybridized carbons (Fsp3) is 0.786. The summed E-state index contributed by atoms with van der Waals surface area (Å²) in [7, 11) is 2.06. The first-order valence-electron chi connectivity index (χ1n) is 7.05. The van der Waals surface area contributed by atoms with Crippen LogP contribution in [0.4, 0.5) is 0 Å². The van der Waals surface area contributed by atoms with E-state index in [1.54, 1.807) is 6.20 Å². The van der Waals surface area contributed by atoms with Crippen molar-refractivity contribution < 1.29 is 0 Å². The van der Waals surface area contributed by atoms with Gasteiger partial charge in [0.25, 0.3) is 0 Å². The molecule has 18 heavy (non-hydrogen) atoms. The Morgan fingerprint density at radius 2 is 2.06 bits per heavy atom. The van der Waals surface area contributed by atoms with Crippen molar-refractivity contribution in [2.75, 3.05) is 7.05 Å². The lowest BCUT2D eigenvalue weighted by molar-refractivity contribution is 0.397. The summed E-state index contributed by atoms with van der Waals surface area (Å²) in [4.78, 5) is 0. The van der Waals surface area contributed by atoms with Gasteiger partial charge in [-0.05, 0) is 33.7 Å². The van der Waals surface area contributed by atoms with Crippen LogP contribution in [0.25, 0.3) is 0 Å². The largest absolute Gasteiger partial charge is 0.316 e. The van der Waals surface area contributed by atoms with Gasteiger partial charge in [0.05, 0.1) is 16.9 Å². The van der Waals surface area contributed by atoms with Crippen molar-refractivity contribution in [3.05, 3.63) is 16.9 Å². The molecule has 102 valence electrons. The van der Waals surface area contributed by atoms with Gasteiger partial charge in [-0.3, -0.25) is 4.68 Å². The molecule has 0 amide bonds. The van der Waals surface area contributed by atoms with Crippen molar-refractivity contribution >= 4 is 11.6 Å². The van der Waals surface area contributed by atoms with Crippen LogP contribution in [0.5, 0.6) is 0 Å². The zero-order valence-corrected chi connectivity index (χ0v) is 12.4. The summed E-state index contributed by atoms with van der Waals surface area (Å²) in [6, 6.07) is 0.896. The third-order valence-corrected chi connectivity index (χ3v) is 4.31. The van der Waals surface area contributed by atoms with Crippen LogP contribution in [-0.2, 0) is 0 Å². The molecule has 0 spiro atoms. The Kier molecular flexibility index (Phi) is 4.68. The van der Waals surface area contributed by atoms with Gasteiger partial charge >= 0.3 is 0 Å². The van der Waals surface area contributed by atoms with Gasteiger partial charge < -0.3 is 5.32 Å². The smallest absolute Gasteiger partial charge is 0.0821 e. The standard InChI is InChI=1S/C14H24ClN3/c1-10(2)18-14(12(15)9-17-18)11-7-5-4-6-8-13(11)16-3/h9-11,13,16H,4-8H2,1-3H3. The number of nitrogens with zero attached hydrogens (tertiary/aromatic N) is 2. The molecule has 2 atom stereocenters. The highest BCUT2D eigenvalue weighted by molar-refractivity contribution is 6.31. The average Bonchev–Trinajstić information content (AvgIpc) is 2.60. The SMILES string of the molecule is CNC1CCCCCC1c1c(Cl)cnn1C(C)C. The van der Waals surface area contributed by atoms with Gasteiger partial charge in [-0.15, -0.1) is 0 Å². The maximum Gasteiger partial charge on any atom is 0.0821 e. The van der Waals surface area contributed by atoms with Crippen LogP contribution in [0.1, 0.15) is 63.6 Å². The van der Waals surface area contributed by atoms with Crippen molar-refractivity contribution in [2.24, 2.45) is 0 Å². The molecule has 4 heteroatoms. The Labute approximate surface area is 115 Å².